The third kappa shape index (κ3) is 4.15. The van der Waals surface area contributed by atoms with Gasteiger partial charge in [-0.25, -0.2) is 13.4 Å². The number of pyridine rings is 1. The standard InChI is InChI=1S/C21H21ClN2O2S/c1-14-5-6-15-10-17(12-23-19-7-8-27(25,26)13-19)21(24-20(15)9-14)16-3-2-4-18(22)11-16/h2-6,9-11,19,23H,7-8,12-13H2,1H3/t19-/m1/s1. The van der Waals surface area contributed by atoms with Gasteiger partial charge in [-0.1, -0.05) is 35.9 Å². The van der Waals surface area contributed by atoms with Crippen molar-refractivity contribution in [3.05, 3.63) is 64.7 Å². The predicted molar refractivity (Wildman–Crippen MR) is 111 cm³/mol. The smallest absolute Gasteiger partial charge is 0.151 e. The minimum Gasteiger partial charge on any atom is -0.309 e. The summed E-state index contributed by atoms with van der Waals surface area (Å²) in [7, 11) is -2.90. The fourth-order valence-corrected chi connectivity index (χ4v) is 5.45. The highest BCUT2D eigenvalue weighted by atomic mass is 35.5. The average molecular weight is 401 g/mol. The summed E-state index contributed by atoms with van der Waals surface area (Å²) in [5, 5.41) is 5.14. The zero-order valence-electron chi connectivity index (χ0n) is 15.1. The predicted octanol–water partition coefficient (Wildman–Crippen LogP) is 4.14. The SMILES string of the molecule is Cc1ccc2cc(CN[C@@H]3CCS(=O)(=O)C3)c(-c3cccc(Cl)c3)nc2c1. The average Bonchev–Trinajstić information content (AvgIpc) is 2.98. The molecule has 0 bridgehead atoms. The molecule has 0 aliphatic carbocycles. The van der Waals surface area contributed by atoms with Crippen molar-refractivity contribution in [1.82, 2.24) is 10.3 Å². The number of hydrogen-bond donors (Lipinski definition) is 1. The second-order valence-electron chi connectivity index (χ2n) is 7.18. The quantitative estimate of drug-likeness (QED) is 0.715. The molecule has 1 aromatic heterocycles. The Balaban J connectivity index is 1.73. The molecule has 2 heterocycles. The first kappa shape index (κ1) is 18.4. The van der Waals surface area contributed by atoms with Crippen LogP contribution in [0.4, 0.5) is 0 Å². The summed E-state index contributed by atoms with van der Waals surface area (Å²) in [6, 6.07) is 16.0. The number of rotatable bonds is 4. The summed E-state index contributed by atoms with van der Waals surface area (Å²) in [4.78, 5) is 4.90. The molecule has 0 amide bonds. The van der Waals surface area contributed by atoms with E-state index in [9.17, 15) is 8.42 Å². The Kier molecular flexibility index (Phi) is 4.93. The summed E-state index contributed by atoms with van der Waals surface area (Å²) >= 11 is 6.19. The van der Waals surface area contributed by atoms with Crippen molar-refractivity contribution >= 4 is 32.3 Å². The Morgan fingerprint density at radius 3 is 2.78 bits per heavy atom. The number of aryl methyl sites for hydroxylation is 1. The number of sulfone groups is 1. The molecule has 0 radical (unpaired) electrons. The number of nitrogens with one attached hydrogen (secondary N) is 1. The molecule has 1 fully saturated rings. The maximum absolute atomic E-state index is 11.7. The van der Waals surface area contributed by atoms with Crippen molar-refractivity contribution in [3.63, 3.8) is 0 Å². The van der Waals surface area contributed by atoms with Gasteiger partial charge in [-0.15, -0.1) is 0 Å². The van der Waals surface area contributed by atoms with E-state index in [4.69, 9.17) is 16.6 Å². The normalized spacial score (nSPS) is 18.8. The van der Waals surface area contributed by atoms with Crippen LogP contribution in [0.3, 0.4) is 0 Å². The second kappa shape index (κ2) is 7.23. The van der Waals surface area contributed by atoms with Gasteiger partial charge in [-0.2, -0.15) is 0 Å². The lowest BCUT2D eigenvalue weighted by Gasteiger charge is -2.15. The van der Waals surface area contributed by atoms with E-state index in [1.807, 2.05) is 24.3 Å². The van der Waals surface area contributed by atoms with Gasteiger partial charge >= 0.3 is 0 Å². The van der Waals surface area contributed by atoms with E-state index < -0.39 is 9.84 Å². The molecule has 4 nitrogen and oxygen atoms in total. The molecule has 3 aromatic rings. The Bertz CT molecular complexity index is 1110. The number of benzene rings is 2. The largest absolute Gasteiger partial charge is 0.309 e. The maximum Gasteiger partial charge on any atom is 0.151 e. The summed E-state index contributed by atoms with van der Waals surface area (Å²) in [6.07, 6.45) is 0.662. The van der Waals surface area contributed by atoms with Crippen molar-refractivity contribution in [1.29, 1.82) is 0 Å². The summed E-state index contributed by atoms with van der Waals surface area (Å²) in [5.41, 5.74) is 4.98. The minimum atomic E-state index is -2.90. The van der Waals surface area contributed by atoms with Crippen LogP contribution in [-0.2, 0) is 16.4 Å². The Labute approximate surface area is 164 Å². The molecule has 6 heteroatoms. The molecular formula is C21H21ClN2O2S. The van der Waals surface area contributed by atoms with Crippen LogP contribution in [0.1, 0.15) is 17.5 Å². The highest BCUT2D eigenvalue weighted by Gasteiger charge is 2.27. The Hall–Kier alpha value is -1.95. The van der Waals surface area contributed by atoms with E-state index in [0.29, 0.717) is 18.0 Å². The van der Waals surface area contributed by atoms with Crippen LogP contribution in [0.25, 0.3) is 22.2 Å². The highest BCUT2D eigenvalue weighted by Crippen LogP contribution is 2.28. The van der Waals surface area contributed by atoms with Crippen LogP contribution in [0.2, 0.25) is 5.02 Å². The van der Waals surface area contributed by atoms with Gasteiger partial charge in [0.05, 0.1) is 22.7 Å². The van der Waals surface area contributed by atoms with Crippen LogP contribution in [0.15, 0.2) is 48.5 Å². The lowest BCUT2D eigenvalue weighted by Crippen LogP contribution is -2.29. The van der Waals surface area contributed by atoms with Crippen LogP contribution in [-0.4, -0.2) is 30.9 Å². The molecule has 1 atom stereocenters. The van der Waals surface area contributed by atoms with Crippen molar-refractivity contribution < 1.29 is 8.42 Å². The van der Waals surface area contributed by atoms with Crippen LogP contribution >= 0.6 is 11.6 Å². The van der Waals surface area contributed by atoms with Gasteiger partial charge in [-0.3, -0.25) is 0 Å². The van der Waals surface area contributed by atoms with Crippen molar-refractivity contribution in [2.24, 2.45) is 0 Å². The fourth-order valence-electron chi connectivity index (χ4n) is 3.55. The van der Waals surface area contributed by atoms with E-state index in [2.05, 4.69) is 36.5 Å². The third-order valence-electron chi connectivity index (χ3n) is 4.96. The molecular weight excluding hydrogens is 380 g/mol. The lowest BCUT2D eigenvalue weighted by atomic mass is 10.0. The Morgan fingerprint density at radius 2 is 2.04 bits per heavy atom. The molecule has 2 aromatic carbocycles. The molecule has 0 unspecified atom stereocenters. The molecule has 1 aliphatic rings. The van der Waals surface area contributed by atoms with Gasteiger partial charge in [0.1, 0.15) is 0 Å². The van der Waals surface area contributed by atoms with Gasteiger partial charge in [0, 0.05) is 28.6 Å². The first-order valence-corrected chi connectivity index (χ1v) is 11.2. The van der Waals surface area contributed by atoms with Crippen molar-refractivity contribution in [2.75, 3.05) is 11.5 Å². The van der Waals surface area contributed by atoms with Gasteiger partial charge in [0.15, 0.2) is 9.84 Å². The van der Waals surface area contributed by atoms with E-state index in [-0.39, 0.29) is 17.5 Å². The zero-order valence-corrected chi connectivity index (χ0v) is 16.6. The maximum atomic E-state index is 11.7. The van der Waals surface area contributed by atoms with Crippen LogP contribution in [0.5, 0.6) is 0 Å². The topological polar surface area (TPSA) is 59.1 Å². The van der Waals surface area contributed by atoms with E-state index in [1.54, 1.807) is 0 Å². The first-order valence-electron chi connectivity index (χ1n) is 9.00. The number of aromatic nitrogens is 1. The van der Waals surface area contributed by atoms with Gasteiger partial charge in [0.2, 0.25) is 0 Å². The minimum absolute atomic E-state index is 0.00377. The van der Waals surface area contributed by atoms with Gasteiger partial charge < -0.3 is 5.32 Å². The molecule has 0 saturated carbocycles. The second-order valence-corrected chi connectivity index (χ2v) is 9.85. The molecule has 4 rings (SSSR count). The molecule has 1 N–H and O–H groups in total. The Morgan fingerprint density at radius 1 is 1.19 bits per heavy atom. The number of nitrogens with zero attached hydrogens (tertiary/aromatic N) is 1. The van der Waals surface area contributed by atoms with Crippen LogP contribution < -0.4 is 5.32 Å². The van der Waals surface area contributed by atoms with E-state index in [0.717, 1.165) is 33.3 Å². The van der Waals surface area contributed by atoms with Gasteiger partial charge in [0.25, 0.3) is 0 Å². The number of halogens is 1. The third-order valence-corrected chi connectivity index (χ3v) is 6.97. The summed E-state index contributed by atoms with van der Waals surface area (Å²) < 4.78 is 23.4. The van der Waals surface area contributed by atoms with Crippen molar-refractivity contribution in [2.45, 2.75) is 25.9 Å². The van der Waals surface area contributed by atoms with E-state index >= 15 is 0 Å². The highest BCUT2D eigenvalue weighted by molar-refractivity contribution is 7.91. The molecule has 1 aliphatic heterocycles. The molecule has 0 spiro atoms. The molecule has 140 valence electrons. The molecule has 1 saturated heterocycles. The molecule has 27 heavy (non-hydrogen) atoms. The van der Waals surface area contributed by atoms with E-state index in [1.165, 1.54) is 0 Å². The zero-order chi connectivity index (χ0) is 19.0. The summed E-state index contributed by atoms with van der Waals surface area (Å²) in [5.74, 6) is 0.473. The van der Waals surface area contributed by atoms with Gasteiger partial charge in [-0.05, 0) is 48.7 Å². The lowest BCUT2D eigenvalue weighted by molar-refractivity contribution is 0.554. The monoisotopic (exact) mass is 400 g/mol. The van der Waals surface area contributed by atoms with Crippen molar-refractivity contribution in [3.8, 4) is 11.3 Å². The number of fused-ring (bicyclic) bond motifs is 1. The first-order chi connectivity index (χ1) is 12.9. The summed E-state index contributed by atoms with van der Waals surface area (Å²) in [6.45, 7) is 2.62. The van der Waals surface area contributed by atoms with Crippen LogP contribution in [0, 0.1) is 6.92 Å². The fraction of sp³-hybridized carbons (Fsp3) is 0.286. The number of hydrogen-bond acceptors (Lipinski definition) is 4.